The number of carbonyl (C=O) groups excluding carboxylic acids is 2. The number of nitrogens with one attached hydrogen (secondary N) is 2. The number of amides is 2. The molecule has 0 aliphatic carbocycles. The van der Waals surface area contributed by atoms with Gasteiger partial charge in [0.1, 0.15) is 36.1 Å². The molecular formula is C38H46N4O10S2. The first-order chi connectivity index (χ1) is 26.0. The number of methoxy groups -OCH3 is 4. The highest BCUT2D eigenvalue weighted by Gasteiger charge is 2.31. The Morgan fingerprint density at radius 1 is 0.519 bits per heavy atom. The van der Waals surface area contributed by atoms with Gasteiger partial charge >= 0.3 is 0 Å². The monoisotopic (exact) mass is 782 g/mol. The molecule has 0 atom stereocenters. The zero-order chi connectivity index (χ0) is 39.1. The number of sulfonamides is 2. The minimum Gasteiger partial charge on any atom is -0.497 e. The molecule has 2 amide bonds. The number of hydrogen-bond acceptors (Lipinski definition) is 10. The van der Waals surface area contributed by atoms with E-state index >= 15 is 0 Å². The van der Waals surface area contributed by atoms with Crippen molar-refractivity contribution in [3.8, 4) is 23.0 Å². The van der Waals surface area contributed by atoms with Crippen LogP contribution in [0.3, 0.4) is 0 Å². The van der Waals surface area contributed by atoms with Crippen molar-refractivity contribution in [1.82, 2.24) is 10.6 Å². The predicted molar refractivity (Wildman–Crippen MR) is 206 cm³/mol. The van der Waals surface area contributed by atoms with Crippen molar-refractivity contribution >= 4 is 43.2 Å². The molecule has 0 saturated heterocycles. The lowest BCUT2D eigenvalue weighted by molar-refractivity contribution is -0.120. The molecule has 0 aliphatic rings. The second-order valence-electron chi connectivity index (χ2n) is 11.8. The smallest absolute Gasteiger partial charge is 0.264 e. The third-order valence-corrected chi connectivity index (χ3v) is 11.8. The van der Waals surface area contributed by atoms with Crippen molar-refractivity contribution in [2.45, 2.75) is 35.5 Å². The standard InChI is InChI=1S/C38H46N4O10S2/c1-49-29-19-21-35(51-3)33(25-29)41(53(45,46)31-15-9-7-10-16-31)27-37(43)39-23-13-5-6-14-24-40-38(44)28-42(54(47,48)32-17-11-8-12-18-32)34-26-30(50-2)20-22-36(34)52-4/h7-12,15-22,25-26H,5-6,13-14,23-24,27-28H2,1-4H3,(H,39,43)(H,40,44). The average Bonchev–Trinajstić information content (AvgIpc) is 3.20. The molecule has 0 unspecified atom stereocenters. The van der Waals surface area contributed by atoms with Gasteiger partial charge in [-0.2, -0.15) is 0 Å². The number of anilines is 2. The fourth-order valence-electron chi connectivity index (χ4n) is 5.45. The van der Waals surface area contributed by atoms with Crippen LogP contribution < -0.4 is 38.2 Å². The van der Waals surface area contributed by atoms with Crippen molar-refractivity contribution in [3.05, 3.63) is 97.1 Å². The predicted octanol–water partition coefficient (Wildman–Crippen LogP) is 4.60. The van der Waals surface area contributed by atoms with Gasteiger partial charge in [-0.15, -0.1) is 0 Å². The maximum atomic E-state index is 13.7. The highest BCUT2D eigenvalue weighted by molar-refractivity contribution is 7.93. The third-order valence-electron chi connectivity index (χ3n) is 8.29. The molecular weight excluding hydrogens is 737 g/mol. The Labute approximate surface area is 317 Å². The molecule has 4 aromatic rings. The summed E-state index contributed by atoms with van der Waals surface area (Å²) in [6, 6.07) is 25.0. The number of carbonyl (C=O) groups is 2. The summed E-state index contributed by atoms with van der Waals surface area (Å²) in [5.41, 5.74) is 0.308. The lowest BCUT2D eigenvalue weighted by Crippen LogP contribution is -2.41. The van der Waals surface area contributed by atoms with Crippen molar-refractivity contribution < 1.29 is 45.4 Å². The van der Waals surface area contributed by atoms with Crippen molar-refractivity contribution in [1.29, 1.82) is 0 Å². The van der Waals surface area contributed by atoms with Crippen molar-refractivity contribution in [2.75, 3.05) is 63.2 Å². The molecule has 0 aromatic heterocycles. The topological polar surface area (TPSA) is 170 Å². The van der Waals surface area contributed by atoms with Crippen LogP contribution in [0.5, 0.6) is 23.0 Å². The SMILES string of the molecule is COc1ccc(OC)c(N(CC(=O)NCCCCCCNC(=O)CN(c2cc(OC)ccc2OC)S(=O)(=O)c2ccccc2)S(=O)(=O)c2ccccc2)c1. The molecule has 0 saturated carbocycles. The van der Waals surface area contributed by atoms with Gasteiger partial charge in [0.05, 0.1) is 49.6 Å². The number of rotatable bonds is 21. The van der Waals surface area contributed by atoms with Gasteiger partial charge in [0.2, 0.25) is 11.8 Å². The minimum atomic E-state index is -4.16. The van der Waals surface area contributed by atoms with Gasteiger partial charge in [-0.1, -0.05) is 49.2 Å². The van der Waals surface area contributed by atoms with Crippen LogP contribution in [0.2, 0.25) is 0 Å². The summed E-state index contributed by atoms with van der Waals surface area (Å²) >= 11 is 0. The van der Waals surface area contributed by atoms with Crippen LogP contribution in [0.25, 0.3) is 0 Å². The van der Waals surface area contributed by atoms with E-state index < -0.39 is 45.0 Å². The van der Waals surface area contributed by atoms with Gasteiger partial charge < -0.3 is 29.6 Å². The van der Waals surface area contributed by atoms with E-state index in [-0.39, 0.29) is 32.7 Å². The molecule has 0 spiro atoms. The Morgan fingerprint density at radius 3 is 1.22 bits per heavy atom. The maximum Gasteiger partial charge on any atom is 0.264 e. The van der Waals surface area contributed by atoms with E-state index in [1.807, 2.05) is 0 Å². The third kappa shape index (κ3) is 10.6. The second-order valence-corrected chi connectivity index (χ2v) is 15.6. The quantitative estimate of drug-likeness (QED) is 0.114. The van der Waals surface area contributed by atoms with Gasteiger partial charge in [0.25, 0.3) is 20.0 Å². The van der Waals surface area contributed by atoms with Crippen LogP contribution in [0, 0.1) is 0 Å². The molecule has 0 bridgehead atoms. The zero-order valence-electron chi connectivity index (χ0n) is 30.7. The number of ether oxygens (including phenoxy) is 4. The van der Waals surface area contributed by atoms with Crippen molar-refractivity contribution in [2.24, 2.45) is 0 Å². The van der Waals surface area contributed by atoms with Crippen LogP contribution >= 0.6 is 0 Å². The molecule has 0 heterocycles. The van der Waals surface area contributed by atoms with Crippen LogP contribution in [0.1, 0.15) is 25.7 Å². The Bertz CT molecular complexity index is 1920. The summed E-state index contributed by atoms with van der Waals surface area (Å²) in [6.45, 7) is -0.389. The maximum absolute atomic E-state index is 13.7. The van der Waals surface area contributed by atoms with E-state index in [1.54, 1.807) is 60.7 Å². The normalized spacial score (nSPS) is 11.3. The summed E-state index contributed by atoms with van der Waals surface area (Å²) in [4.78, 5) is 26.2. The van der Waals surface area contributed by atoms with E-state index in [2.05, 4.69) is 10.6 Å². The fourth-order valence-corrected chi connectivity index (χ4v) is 8.34. The highest BCUT2D eigenvalue weighted by Crippen LogP contribution is 2.37. The highest BCUT2D eigenvalue weighted by atomic mass is 32.2. The molecule has 54 heavy (non-hydrogen) atoms. The van der Waals surface area contributed by atoms with E-state index in [1.165, 1.54) is 64.8 Å². The average molecular weight is 783 g/mol. The molecule has 0 radical (unpaired) electrons. The number of unbranched alkanes of at least 4 members (excludes halogenated alkanes) is 3. The molecule has 4 rings (SSSR count). The number of benzene rings is 4. The summed E-state index contributed by atoms with van der Waals surface area (Å²) in [6.07, 6.45) is 2.63. The van der Waals surface area contributed by atoms with E-state index in [0.29, 0.717) is 50.3 Å². The number of nitrogens with zero attached hydrogens (tertiary/aromatic N) is 2. The van der Waals surface area contributed by atoms with Crippen LogP contribution in [-0.2, 0) is 29.6 Å². The van der Waals surface area contributed by atoms with Gasteiger partial charge in [-0.25, -0.2) is 16.8 Å². The van der Waals surface area contributed by atoms with Crippen LogP contribution in [-0.4, -0.2) is 83.3 Å². The molecule has 4 aromatic carbocycles. The lowest BCUT2D eigenvalue weighted by Gasteiger charge is -2.26. The Balaban J connectivity index is 1.30. The number of hydrogen-bond donors (Lipinski definition) is 2. The van der Waals surface area contributed by atoms with Crippen LogP contribution in [0.15, 0.2) is 107 Å². The van der Waals surface area contributed by atoms with Gasteiger partial charge in [-0.3, -0.25) is 18.2 Å². The van der Waals surface area contributed by atoms with E-state index in [4.69, 9.17) is 18.9 Å². The molecule has 290 valence electrons. The summed E-state index contributed by atoms with van der Waals surface area (Å²) in [5.74, 6) is 0.273. The first kappa shape index (κ1) is 41.3. The van der Waals surface area contributed by atoms with Crippen LogP contribution in [0.4, 0.5) is 11.4 Å². The van der Waals surface area contributed by atoms with E-state index in [0.717, 1.165) is 8.61 Å². The first-order valence-electron chi connectivity index (χ1n) is 17.1. The molecule has 0 fully saturated rings. The minimum absolute atomic E-state index is 0.0142. The molecule has 14 nitrogen and oxygen atoms in total. The Hall–Kier alpha value is -5.48. The Morgan fingerprint density at radius 2 is 0.889 bits per heavy atom. The van der Waals surface area contributed by atoms with Crippen molar-refractivity contribution in [3.63, 3.8) is 0 Å². The summed E-state index contributed by atoms with van der Waals surface area (Å²) in [7, 11) is -2.58. The second kappa shape index (κ2) is 19.6. The summed E-state index contributed by atoms with van der Waals surface area (Å²) < 4.78 is 78.4. The lowest BCUT2D eigenvalue weighted by atomic mass is 10.2. The van der Waals surface area contributed by atoms with Gasteiger partial charge in [0.15, 0.2) is 0 Å². The van der Waals surface area contributed by atoms with Gasteiger partial charge in [0, 0.05) is 25.2 Å². The zero-order valence-corrected chi connectivity index (χ0v) is 32.3. The Kier molecular flexibility index (Phi) is 14.9. The first-order valence-corrected chi connectivity index (χ1v) is 20.0. The van der Waals surface area contributed by atoms with E-state index in [9.17, 15) is 26.4 Å². The molecule has 2 N–H and O–H groups in total. The fraction of sp³-hybridized carbons (Fsp3) is 0.316. The largest absolute Gasteiger partial charge is 0.497 e. The summed E-state index contributed by atoms with van der Waals surface area (Å²) in [5, 5.41) is 5.59. The van der Waals surface area contributed by atoms with Gasteiger partial charge in [-0.05, 0) is 61.4 Å². The molecule has 16 heteroatoms. The molecule has 0 aliphatic heterocycles.